The van der Waals surface area contributed by atoms with E-state index in [1.165, 1.54) is 31.2 Å². The summed E-state index contributed by atoms with van der Waals surface area (Å²) < 4.78 is 27.8. The maximum Gasteiger partial charge on any atom is 0.166 e. The third-order valence-electron chi connectivity index (χ3n) is 5.10. The van der Waals surface area contributed by atoms with Gasteiger partial charge in [0.05, 0.1) is 0 Å². The van der Waals surface area contributed by atoms with Gasteiger partial charge in [-0.15, -0.1) is 0 Å². The zero-order chi connectivity index (χ0) is 16.4. The van der Waals surface area contributed by atoms with Crippen LogP contribution in [-0.2, 0) is 0 Å². The lowest BCUT2D eigenvalue weighted by atomic mass is 9.79. The highest BCUT2D eigenvalue weighted by molar-refractivity contribution is 6.08. The molecule has 0 heterocycles. The third-order valence-corrected chi connectivity index (χ3v) is 5.68. The van der Waals surface area contributed by atoms with Gasteiger partial charge in [0.25, 0.3) is 0 Å². The number of hydrogen-bond acceptors (Lipinski definition) is 0. The van der Waals surface area contributed by atoms with Crippen LogP contribution in [0.25, 0.3) is 11.1 Å². The van der Waals surface area contributed by atoms with Crippen LogP contribution in [0.3, 0.4) is 0 Å². The average molecular weight is 327 g/mol. The van der Waals surface area contributed by atoms with Crippen molar-refractivity contribution in [2.24, 2.45) is 5.92 Å². The van der Waals surface area contributed by atoms with Crippen molar-refractivity contribution in [3.05, 3.63) is 59.2 Å². The molecule has 0 nitrogen and oxygen atoms in total. The smallest absolute Gasteiger partial charge is 0.166 e. The molecule has 0 aromatic heterocycles. The number of benzene rings is 2. The largest absolute Gasteiger partial charge is 0.203 e. The molecule has 0 unspecified atom stereocenters. The van der Waals surface area contributed by atoms with Gasteiger partial charge in [-0.3, -0.25) is 0 Å². The number of rotatable bonds is 3. The fourth-order valence-corrected chi connectivity index (χ4v) is 3.91. The van der Waals surface area contributed by atoms with Crippen LogP contribution in [-0.4, -0.2) is 10.2 Å². The molecule has 2 aromatic carbocycles. The van der Waals surface area contributed by atoms with E-state index < -0.39 is 11.6 Å². The van der Waals surface area contributed by atoms with E-state index in [9.17, 15) is 8.78 Å². The molecule has 0 amide bonds. The second-order valence-corrected chi connectivity index (χ2v) is 7.01. The lowest BCUT2D eigenvalue weighted by molar-refractivity contribution is 0.348. The SMILES string of the molecule is Cc1ccc(-c2ccc(C3CCC(C[Si])CC3)cc2)c(F)c1F. The van der Waals surface area contributed by atoms with E-state index >= 15 is 0 Å². The molecule has 0 spiro atoms. The molecule has 3 radical (unpaired) electrons. The van der Waals surface area contributed by atoms with E-state index in [0.29, 0.717) is 17.0 Å². The highest BCUT2D eigenvalue weighted by Crippen LogP contribution is 2.37. The highest BCUT2D eigenvalue weighted by Gasteiger charge is 2.21. The Balaban J connectivity index is 1.79. The van der Waals surface area contributed by atoms with Crippen molar-refractivity contribution < 1.29 is 8.78 Å². The quantitative estimate of drug-likeness (QED) is 0.625. The molecule has 2 aromatic rings. The summed E-state index contributed by atoms with van der Waals surface area (Å²) in [5.74, 6) is -0.111. The molecule has 119 valence electrons. The Morgan fingerprint density at radius 3 is 2.17 bits per heavy atom. The fraction of sp³-hybridized carbons (Fsp3) is 0.400. The van der Waals surface area contributed by atoms with E-state index in [-0.39, 0.29) is 0 Å². The summed E-state index contributed by atoms with van der Waals surface area (Å²) in [5.41, 5.74) is 2.72. The predicted octanol–water partition coefficient (Wildman–Crippen LogP) is 5.80. The predicted molar refractivity (Wildman–Crippen MR) is 91.8 cm³/mol. The van der Waals surface area contributed by atoms with Crippen molar-refractivity contribution in [1.29, 1.82) is 0 Å². The minimum Gasteiger partial charge on any atom is -0.203 e. The van der Waals surface area contributed by atoms with Crippen LogP contribution in [0.2, 0.25) is 6.04 Å². The zero-order valence-corrected chi connectivity index (χ0v) is 14.4. The van der Waals surface area contributed by atoms with Crippen LogP contribution in [0, 0.1) is 24.5 Å². The first kappa shape index (κ1) is 16.4. The van der Waals surface area contributed by atoms with Gasteiger partial charge in [-0.25, -0.2) is 8.78 Å². The Morgan fingerprint density at radius 2 is 1.57 bits per heavy atom. The van der Waals surface area contributed by atoms with E-state index in [2.05, 4.69) is 22.4 Å². The Hall–Kier alpha value is -1.48. The van der Waals surface area contributed by atoms with Crippen molar-refractivity contribution >= 4 is 10.2 Å². The maximum absolute atomic E-state index is 14.1. The molecule has 0 bridgehead atoms. The summed E-state index contributed by atoms with van der Waals surface area (Å²) in [6.45, 7) is 1.58. The van der Waals surface area contributed by atoms with E-state index in [1.54, 1.807) is 19.1 Å². The number of hydrogen-bond donors (Lipinski definition) is 0. The van der Waals surface area contributed by atoms with Gasteiger partial charge in [-0.05, 0) is 48.3 Å². The van der Waals surface area contributed by atoms with Crippen LogP contribution in [0.4, 0.5) is 8.78 Å². The molecular weight excluding hydrogens is 306 g/mol. The second kappa shape index (κ2) is 6.96. The summed E-state index contributed by atoms with van der Waals surface area (Å²) in [5, 5.41) is 0. The standard InChI is InChI=1S/C20H21F2Si/c1-13-2-11-18(20(22)19(13)21)17-9-7-16(8-10-17)15-5-3-14(12-23)4-6-15/h2,7-11,14-15H,3-6,12H2,1H3. The minimum absolute atomic E-state index is 0.336. The van der Waals surface area contributed by atoms with Crippen molar-refractivity contribution in [2.75, 3.05) is 0 Å². The van der Waals surface area contributed by atoms with E-state index in [1.807, 2.05) is 12.1 Å². The Labute approximate surface area is 140 Å². The Kier molecular flexibility index (Phi) is 4.95. The van der Waals surface area contributed by atoms with Gasteiger partial charge in [0.2, 0.25) is 0 Å². The summed E-state index contributed by atoms with van der Waals surface area (Å²) in [4.78, 5) is 0. The molecule has 3 rings (SSSR count). The Morgan fingerprint density at radius 1 is 0.913 bits per heavy atom. The summed E-state index contributed by atoms with van der Waals surface area (Å²) >= 11 is 0. The van der Waals surface area contributed by atoms with Gasteiger partial charge in [0, 0.05) is 15.8 Å². The maximum atomic E-state index is 14.1. The monoisotopic (exact) mass is 327 g/mol. The van der Waals surface area contributed by atoms with Crippen LogP contribution in [0.1, 0.15) is 42.7 Å². The van der Waals surface area contributed by atoms with Crippen LogP contribution >= 0.6 is 0 Å². The Bertz CT molecular complexity index is 671. The lowest BCUT2D eigenvalue weighted by Gasteiger charge is -2.28. The number of halogens is 2. The van der Waals surface area contributed by atoms with E-state index in [4.69, 9.17) is 0 Å². The first-order valence-corrected chi connectivity index (χ1v) is 9.00. The van der Waals surface area contributed by atoms with Crippen molar-refractivity contribution in [2.45, 2.75) is 44.6 Å². The molecule has 1 fully saturated rings. The molecule has 1 aliphatic carbocycles. The van der Waals surface area contributed by atoms with Crippen molar-refractivity contribution in [3.8, 4) is 11.1 Å². The normalized spacial score (nSPS) is 21.4. The van der Waals surface area contributed by atoms with Crippen LogP contribution in [0.15, 0.2) is 36.4 Å². The molecule has 23 heavy (non-hydrogen) atoms. The molecule has 1 saturated carbocycles. The summed E-state index contributed by atoms with van der Waals surface area (Å²) in [6, 6.07) is 12.4. The van der Waals surface area contributed by atoms with Gasteiger partial charge in [0.1, 0.15) is 0 Å². The van der Waals surface area contributed by atoms with Crippen molar-refractivity contribution in [1.82, 2.24) is 0 Å². The van der Waals surface area contributed by atoms with Crippen LogP contribution in [0.5, 0.6) is 0 Å². The molecule has 3 heteroatoms. The first-order chi connectivity index (χ1) is 11.1. The first-order valence-electron chi connectivity index (χ1n) is 8.29. The molecule has 0 N–H and O–H groups in total. The molecule has 1 aliphatic rings. The van der Waals surface area contributed by atoms with Crippen molar-refractivity contribution in [3.63, 3.8) is 0 Å². The molecule has 0 saturated heterocycles. The third kappa shape index (κ3) is 3.40. The second-order valence-electron chi connectivity index (χ2n) is 6.60. The molecule has 0 aliphatic heterocycles. The average Bonchev–Trinajstić information content (AvgIpc) is 2.60. The lowest BCUT2D eigenvalue weighted by Crippen LogP contribution is -2.12. The molecule has 0 atom stereocenters. The van der Waals surface area contributed by atoms with Gasteiger partial charge in [-0.1, -0.05) is 55.3 Å². The fourth-order valence-electron chi connectivity index (χ4n) is 3.50. The van der Waals surface area contributed by atoms with Gasteiger partial charge >= 0.3 is 0 Å². The summed E-state index contributed by atoms with van der Waals surface area (Å²) in [6.07, 6.45) is 4.94. The minimum atomic E-state index is -0.754. The topological polar surface area (TPSA) is 0 Å². The summed E-state index contributed by atoms with van der Waals surface area (Å²) in [7, 11) is 3.62. The number of aryl methyl sites for hydroxylation is 1. The van der Waals surface area contributed by atoms with Gasteiger partial charge in [-0.2, -0.15) is 0 Å². The zero-order valence-electron chi connectivity index (χ0n) is 13.4. The van der Waals surface area contributed by atoms with Crippen LogP contribution < -0.4 is 0 Å². The highest BCUT2D eigenvalue weighted by atomic mass is 28.1. The van der Waals surface area contributed by atoms with Gasteiger partial charge < -0.3 is 0 Å². The molecular formula is C20H21F2Si. The van der Waals surface area contributed by atoms with Gasteiger partial charge in [0.15, 0.2) is 11.6 Å². The van der Waals surface area contributed by atoms with E-state index in [0.717, 1.165) is 17.5 Å².